The molecule has 1 heterocycles. The van der Waals surface area contributed by atoms with Crippen LogP contribution in [0.3, 0.4) is 0 Å². The van der Waals surface area contributed by atoms with E-state index in [2.05, 4.69) is 11.4 Å². The van der Waals surface area contributed by atoms with E-state index in [-0.39, 0.29) is 12.3 Å². The molecule has 2 atom stereocenters. The Kier molecular flexibility index (Phi) is 5.41. The first kappa shape index (κ1) is 16.4. The lowest BCUT2D eigenvalue weighted by Gasteiger charge is -2.09. The second-order valence-corrected chi connectivity index (χ2v) is 5.88. The van der Waals surface area contributed by atoms with Gasteiger partial charge in [0.2, 0.25) is 0 Å². The maximum atomic E-state index is 10.7. The Morgan fingerprint density at radius 1 is 1.25 bits per heavy atom. The number of nitrogens with one attached hydrogen (secondary N) is 1. The Bertz CT molecular complexity index is 712. The van der Waals surface area contributed by atoms with Crippen molar-refractivity contribution in [3.8, 4) is 5.75 Å². The molecule has 1 N–H and O–H groups in total. The van der Waals surface area contributed by atoms with Crippen molar-refractivity contribution < 1.29 is 14.3 Å². The van der Waals surface area contributed by atoms with E-state index in [9.17, 15) is 4.79 Å². The largest absolute Gasteiger partial charge is 0.489 e. The number of aldehydes is 1. The second kappa shape index (κ2) is 7.90. The fourth-order valence-electron chi connectivity index (χ4n) is 2.60. The molecule has 0 spiro atoms. The summed E-state index contributed by atoms with van der Waals surface area (Å²) in [4.78, 5) is 10.7. The standard InChI is InChI=1S/C20H21NO3/c1-15-9-17(7-8-20-21-18(12-22)14-24-20)11-19(10-15)23-13-16-5-3-2-4-6-16/h2-12,18,20-21H,13-14H2,1H3. The Morgan fingerprint density at radius 3 is 2.83 bits per heavy atom. The monoisotopic (exact) mass is 323 g/mol. The van der Waals surface area contributed by atoms with E-state index < -0.39 is 0 Å². The van der Waals surface area contributed by atoms with Gasteiger partial charge >= 0.3 is 0 Å². The quantitative estimate of drug-likeness (QED) is 0.830. The number of carbonyl (C=O) groups excluding carboxylic acids is 1. The van der Waals surface area contributed by atoms with Crippen LogP contribution in [-0.2, 0) is 16.1 Å². The van der Waals surface area contributed by atoms with Crippen molar-refractivity contribution in [2.45, 2.75) is 25.8 Å². The van der Waals surface area contributed by atoms with E-state index in [1.807, 2.05) is 61.5 Å². The average molecular weight is 323 g/mol. The second-order valence-electron chi connectivity index (χ2n) is 5.88. The third-order valence-corrected chi connectivity index (χ3v) is 3.78. The van der Waals surface area contributed by atoms with Gasteiger partial charge in [-0.3, -0.25) is 5.32 Å². The zero-order valence-corrected chi connectivity index (χ0v) is 13.6. The molecule has 124 valence electrons. The van der Waals surface area contributed by atoms with Crippen LogP contribution in [0.5, 0.6) is 5.75 Å². The highest BCUT2D eigenvalue weighted by Gasteiger charge is 2.21. The van der Waals surface area contributed by atoms with Gasteiger partial charge in [-0.1, -0.05) is 42.5 Å². The van der Waals surface area contributed by atoms with Crippen molar-refractivity contribution in [3.05, 3.63) is 71.3 Å². The number of hydrogen-bond donors (Lipinski definition) is 1. The predicted molar refractivity (Wildman–Crippen MR) is 93.7 cm³/mol. The Hall–Kier alpha value is -2.43. The number of hydrogen-bond acceptors (Lipinski definition) is 4. The van der Waals surface area contributed by atoms with Crippen LogP contribution in [0.4, 0.5) is 0 Å². The van der Waals surface area contributed by atoms with Crippen LogP contribution in [-0.4, -0.2) is 25.2 Å². The minimum atomic E-state index is -0.227. The third kappa shape index (κ3) is 4.54. The van der Waals surface area contributed by atoms with Gasteiger partial charge in [-0.15, -0.1) is 0 Å². The summed E-state index contributed by atoms with van der Waals surface area (Å²) in [6, 6.07) is 16.0. The maximum Gasteiger partial charge on any atom is 0.139 e. The van der Waals surface area contributed by atoms with Crippen molar-refractivity contribution in [2.24, 2.45) is 0 Å². The molecule has 2 aromatic rings. The topological polar surface area (TPSA) is 47.6 Å². The number of benzene rings is 2. The van der Waals surface area contributed by atoms with Crippen LogP contribution in [0.2, 0.25) is 0 Å². The van der Waals surface area contributed by atoms with E-state index in [4.69, 9.17) is 9.47 Å². The molecule has 0 bridgehead atoms. The van der Waals surface area contributed by atoms with Crippen LogP contribution in [0.15, 0.2) is 54.6 Å². The van der Waals surface area contributed by atoms with E-state index >= 15 is 0 Å². The summed E-state index contributed by atoms with van der Waals surface area (Å²) >= 11 is 0. The molecule has 4 heteroatoms. The van der Waals surface area contributed by atoms with Gasteiger partial charge in [0.1, 0.15) is 24.9 Å². The molecule has 0 radical (unpaired) electrons. The molecule has 24 heavy (non-hydrogen) atoms. The summed E-state index contributed by atoms with van der Waals surface area (Å²) in [6.07, 6.45) is 4.54. The molecule has 1 aliphatic rings. The summed E-state index contributed by atoms with van der Waals surface area (Å²) in [7, 11) is 0. The smallest absolute Gasteiger partial charge is 0.139 e. The lowest BCUT2D eigenvalue weighted by Crippen LogP contribution is -2.30. The fraction of sp³-hybridized carbons (Fsp3) is 0.250. The first-order valence-corrected chi connectivity index (χ1v) is 8.02. The predicted octanol–water partition coefficient (Wildman–Crippen LogP) is 3.10. The molecule has 0 aliphatic carbocycles. The number of carbonyl (C=O) groups is 1. The summed E-state index contributed by atoms with van der Waals surface area (Å²) < 4.78 is 11.4. The zero-order chi connectivity index (χ0) is 16.8. The van der Waals surface area contributed by atoms with E-state index in [0.717, 1.165) is 28.7 Å². The van der Waals surface area contributed by atoms with E-state index in [0.29, 0.717) is 13.2 Å². The summed E-state index contributed by atoms with van der Waals surface area (Å²) in [5.41, 5.74) is 3.31. The Morgan fingerprint density at radius 2 is 2.08 bits per heavy atom. The average Bonchev–Trinajstić information content (AvgIpc) is 3.07. The molecule has 2 unspecified atom stereocenters. The van der Waals surface area contributed by atoms with Crippen LogP contribution in [0, 0.1) is 6.92 Å². The Balaban J connectivity index is 1.64. The molecule has 0 amide bonds. The summed E-state index contributed by atoms with van der Waals surface area (Å²) in [5, 5.41) is 3.08. The van der Waals surface area contributed by atoms with Gasteiger partial charge in [-0.25, -0.2) is 0 Å². The first-order valence-electron chi connectivity index (χ1n) is 8.02. The molecule has 1 fully saturated rings. The van der Waals surface area contributed by atoms with E-state index in [1.165, 1.54) is 0 Å². The molecule has 0 aromatic heterocycles. The van der Waals surface area contributed by atoms with Crippen LogP contribution < -0.4 is 10.1 Å². The van der Waals surface area contributed by atoms with Gasteiger partial charge < -0.3 is 14.3 Å². The zero-order valence-electron chi connectivity index (χ0n) is 13.6. The minimum absolute atomic E-state index is 0.220. The van der Waals surface area contributed by atoms with Crippen molar-refractivity contribution >= 4 is 12.4 Å². The van der Waals surface area contributed by atoms with Crippen molar-refractivity contribution in [1.29, 1.82) is 0 Å². The fourth-order valence-corrected chi connectivity index (χ4v) is 2.60. The molecule has 3 rings (SSSR count). The number of aryl methyl sites for hydroxylation is 1. The van der Waals surface area contributed by atoms with Gasteiger partial charge in [0.15, 0.2) is 0 Å². The molecular formula is C20H21NO3. The molecule has 1 saturated heterocycles. The van der Waals surface area contributed by atoms with Crippen molar-refractivity contribution in [1.82, 2.24) is 5.32 Å². The Labute approximate surface area is 142 Å². The highest BCUT2D eigenvalue weighted by Crippen LogP contribution is 2.20. The lowest BCUT2D eigenvalue weighted by atomic mass is 10.1. The van der Waals surface area contributed by atoms with Crippen molar-refractivity contribution in [3.63, 3.8) is 0 Å². The summed E-state index contributed by atoms with van der Waals surface area (Å²) in [6.45, 7) is 3.00. The minimum Gasteiger partial charge on any atom is -0.489 e. The lowest BCUT2D eigenvalue weighted by molar-refractivity contribution is -0.109. The highest BCUT2D eigenvalue weighted by molar-refractivity contribution is 5.59. The first-order chi connectivity index (χ1) is 11.7. The molecule has 2 aromatic carbocycles. The van der Waals surface area contributed by atoms with Crippen LogP contribution >= 0.6 is 0 Å². The molecule has 0 saturated carbocycles. The van der Waals surface area contributed by atoms with Gasteiger partial charge in [-0.2, -0.15) is 0 Å². The highest BCUT2D eigenvalue weighted by atomic mass is 16.5. The molecule has 1 aliphatic heterocycles. The summed E-state index contributed by atoms with van der Waals surface area (Å²) in [5.74, 6) is 0.838. The van der Waals surface area contributed by atoms with Crippen molar-refractivity contribution in [2.75, 3.05) is 6.61 Å². The van der Waals surface area contributed by atoms with Gasteiger partial charge in [0.25, 0.3) is 0 Å². The number of ether oxygens (including phenoxy) is 2. The van der Waals surface area contributed by atoms with Gasteiger partial charge in [0, 0.05) is 0 Å². The van der Waals surface area contributed by atoms with E-state index in [1.54, 1.807) is 0 Å². The van der Waals surface area contributed by atoms with Gasteiger partial charge in [0.05, 0.1) is 12.6 Å². The van der Waals surface area contributed by atoms with Crippen LogP contribution in [0.1, 0.15) is 16.7 Å². The third-order valence-electron chi connectivity index (χ3n) is 3.78. The van der Waals surface area contributed by atoms with Gasteiger partial charge in [-0.05, 0) is 41.8 Å². The SMILES string of the molecule is Cc1cc(C=CC2NC(C=O)CO2)cc(OCc2ccccc2)c1. The normalized spacial score (nSPS) is 20.4. The molecular weight excluding hydrogens is 302 g/mol. The molecule has 4 nitrogen and oxygen atoms in total. The number of rotatable bonds is 6. The van der Waals surface area contributed by atoms with Crippen LogP contribution in [0.25, 0.3) is 6.08 Å². The maximum absolute atomic E-state index is 10.7.